The second-order valence-corrected chi connectivity index (χ2v) is 8.57. The fraction of sp³-hybridized carbons (Fsp3) is 0.300. The number of benzene rings is 1. The molecule has 0 saturated heterocycles. The van der Waals surface area contributed by atoms with E-state index in [9.17, 15) is 13.6 Å². The van der Waals surface area contributed by atoms with Crippen LogP contribution in [0.4, 0.5) is 8.78 Å². The van der Waals surface area contributed by atoms with Crippen molar-refractivity contribution in [1.82, 2.24) is 0 Å². The molecule has 0 unspecified atom stereocenters. The molecule has 2 nitrogen and oxygen atoms in total. The highest BCUT2D eigenvalue weighted by Crippen LogP contribution is 2.24. The molecule has 1 aromatic rings. The van der Waals surface area contributed by atoms with E-state index in [1.807, 2.05) is 19.6 Å². The third-order valence-corrected chi connectivity index (χ3v) is 2.41. The molecule has 1 rings (SSSR count). The normalized spacial score (nSPS) is 11.3. The lowest BCUT2D eigenvalue weighted by molar-refractivity contribution is 0.111. The van der Waals surface area contributed by atoms with E-state index >= 15 is 0 Å². The van der Waals surface area contributed by atoms with Crippen molar-refractivity contribution < 1.29 is 18.0 Å². The van der Waals surface area contributed by atoms with Crippen molar-refractivity contribution in [1.29, 1.82) is 0 Å². The molecule has 0 aliphatic rings. The SMILES string of the molecule is C[Si](C)(C)Oc1cc(F)cc(C=O)c1F. The Morgan fingerprint density at radius 2 is 1.87 bits per heavy atom. The number of rotatable bonds is 3. The first-order valence-corrected chi connectivity index (χ1v) is 7.87. The van der Waals surface area contributed by atoms with Gasteiger partial charge in [0.25, 0.3) is 0 Å². The Balaban J connectivity index is 3.18. The minimum Gasteiger partial charge on any atom is -0.542 e. The van der Waals surface area contributed by atoms with E-state index < -0.39 is 20.0 Å². The molecule has 0 saturated carbocycles. The maximum atomic E-state index is 13.5. The summed E-state index contributed by atoms with van der Waals surface area (Å²) in [7, 11) is -2.01. The van der Waals surface area contributed by atoms with Crippen molar-refractivity contribution in [2.45, 2.75) is 19.6 Å². The maximum Gasteiger partial charge on any atom is 0.242 e. The summed E-state index contributed by atoms with van der Waals surface area (Å²) < 4.78 is 31.8. The lowest BCUT2D eigenvalue weighted by Gasteiger charge is -2.19. The van der Waals surface area contributed by atoms with Crippen molar-refractivity contribution in [3.8, 4) is 5.75 Å². The van der Waals surface area contributed by atoms with E-state index in [1.165, 1.54) is 0 Å². The Kier molecular flexibility index (Phi) is 3.24. The second kappa shape index (κ2) is 4.10. The maximum absolute atomic E-state index is 13.5. The van der Waals surface area contributed by atoms with Gasteiger partial charge < -0.3 is 4.43 Å². The predicted octanol–water partition coefficient (Wildman–Crippen LogP) is 2.99. The van der Waals surface area contributed by atoms with Gasteiger partial charge in [-0.15, -0.1) is 0 Å². The summed E-state index contributed by atoms with van der Waals surface area (Å²) in [6, 6.07) is 1.81. The summed E-state index contributed by atoms with van der Waals surface area (Å²) in [5.41, 5.74) is -0.316. The quantitative estimate of drug-likeness (QED) is 0.589. The van der Waals surface area contributed by atoms with Crippen LogP contribution >= 0.6 is 0 Å². The lowest BCUT2D eigenvalue weighted by atomic mass is 10.2. The summed E-state index contributed by atoms with van der Waals surface area (Å²) in [4.78, 5) is 10.4. The molecule has 0 aliphatic heterocycles. The van der Waals surface area contributed by atoms with Crippen LogP contribution < -0.4 is 4.43 Å². The van der Waals surface area contributed by atoms with Gasteiger partial charge in [0.15, 0.2) is 12.1 Å². The molecule has 0 fully saturated rings. The monoisotopic (exact) mass is 230 g/mol. The molecular weight excluding hydrogens is 218 g/mol. The van der Waals surface area contributed by atoms with E-state index in [0.717, 1.165) is 12.1 Å². The van der Waals surface area contributed by atoms with Crippen LogP contribution in [0.2, 0.25) is 19.6 Å². The number of carbonyl (C=O) groups is 1. The molecule has 1 aromatic carbocycles. The van der Waals surface area contributed by atoms with Crippen molar-refractivity contribution >= 4 is 14.6 Å². The molecule has 82 valence electrons. The standard InChI is InChI=1S/C10H12F2O2Si/c1-15(2,3)14-9-5-8(11)4-7(6-13)10(9)12/h4-6H,1-3H3. The van der Waals surface area contributed by atoms with E-state index in [4.69, 9.17) is 4.43 Å². The summed E-state index contributed by atoms with van der Waals surface area (Å²) in [6.07, 6.45) is 0.273. The van der Waals surface area contributed by atoms with Crippen LogP contribution in [0, 0.1) is 11.6 Å². The van der Waals surface area contributed by atoms with Crippen LogP contribution in [-0.4, -0.2) is 14.6 Å². The molecule has 0 atom stereocenters. The molecule has 5 heteroatoms. The Morgan fingerprint density at radius 1 is 1.27 bits per heavy atom. The van der Waals surface area contributed by atoms with Gasteiger partial charge in [0.05, 0.1) is 5.56 Å². The Hall–Kier alpha value is -1.23. The van der Waals surface area contributed by atoms with Crippen molar-refractivity contribution in [2.75, 3.05) is 0 Å². The highest BCUT2D eigenvalue weighted by atomic mass is 28.4. The average molecular weight is 230 g/mol. The van der Waals surface area contributed by atoms with Crippen LogP contribution in [0.25, 0.3) is 0 Å². The van der Waals surface area contributed by atoms with Gasteiger partial charge >= 0.3 is 0 Å². The highest BCUT2D eigenvalue weighted by molar-refractivity contribution is 6.70. The van der Waals surface area contributed by atoms with Gasteiger partial charge in [0.2, 0.25) is 8.32 Å². The van der Waals surface area contributed by atoms with Crippen molar-refractivity contribution in [3.63, 3.8) is 0 Å². The zero-order chi connectivity index (χ0) is 11.6. The summed E-state index contributed by atoms with van der Waals surface area (Å²) in [5, 5.41) is 0. The topological polar surface area (TPSA) is 26.3 Å². The minimum absolute atomic E-state index is 0.184. The zero-order valence-corrected chi connectivity index (χ0v) is 9.80. The Labute approximate surface area is 88.0 Å². The molecule has 0 N–H and O–H groups in total. The number of aldehydes is 1. The molecule has 0 radical (unpaired) electrons. The van der Waals surface area contributed by atoms with E-state index in [0.29, 0.717) is 0 Å². The van der Waals surface area contributed by atoms with Crippen LogP contribution in [0.1, 0.15) is 10.4 Å². The molecular formula is C10H12F2O2Si. The smallest absolute Gasteiger partial charge is 0.242 e. The van der Waals surface area contributed by atoms with Gasteiger partial charge in [0.1, 0.15) is 11.6 Å². The first-order chi connectivity index (χ1) is 6.83. The van der Waals surface area contributed by atoms with Gasteiger partial charge in [-0.1, -0.05) is 0 Å². The summed E-state index contributed by atoms with van der Waals surface area (Å²) in [5.74, 6) is -1.66. The van der Waals surface area contributed by atoms with E-state index in [2.05, 4.69) is 0 Å². The predicted molar refractivity (Wildman–Crippen MR) is 55.7 cm³/mol. The van der Waals surface area contributed by atoms with Crippen LogP contribution in [-0.2, 0) is 0 Å². The van der Waals surface area contributed by atoms with Crippen LogP contribution in [0.3, 0.4) is 0 Å². The zero-order valence-electron chi connectivity index (χ0n) is 8.80. The van der Waals surface area contributed by atoms with Gasteiger partial charge in [-0.25, -0.2) is 8.78 Å². The fourth-order valence-electron chi connectivity index (χ4n) is 1.07. The van der Waals surface area contributed by atoms with E-state index in [1.54, 1.807) is 0 Å². The summed E-state index contributed by atoms with van der Waals surface area (Å²) in [6.45, 7) is 5.54. The number of halogens is 2. The molecule has 15 heavy (non-hydrogen) atoms. The summed E-state index contributed by atoms with van der Waals surface area (Å²) >= 11 is 0. The number of hydrogen-bond acceptors (Lipinski definition) is 2. The molecule has 0 bridgehead atoms. The van der Waals surface area contributed by atoms with Gasteiger partial charge in [0, 0.05) is 6.07 Å². The number of carbonyl (C=O) groups excluding carboxylic acids is 1. The van der Waals surface area contributed by atoms with Crippen LogP contribution in [0.5, 0.6) is 5.75 Å². The van der Waals surface area contributed by atoms with Crippen molar-refractivity contribution in [2.24, 2.45) is 0 Å². The van der Waals surface area contributed by atoms with Crippen molar-refractivity contribution in [3.05, 3.63) is 29.3 Å². The molecule has 0 amide bonds. The third kappa shape index (κ3) is 3.12. The Bertz CT molecular complexity index is 386. The molecule has 0 aliphatic carbocycles. The third-order valence-electron chi connectivity index (χ3n) is 1.58. The first kappa shape index (κ1) is 11.8. The van der Waals surface area contributed by atoms with Gasteiger partial charge in [-0.2, -0.15) is 0 Å². The highest BCUT2D eigenvalue weighted by Gasteiger charge is 2.20. The fourth-order valence-corrected chi connectivity index (χ4v) is 1.88. The molecule has 0 heterocycles. The van der Waals surface area contributed by atoms with Gasteiger partial charge in [-0.3, -0.25) is 4.79 Å². The largest absolute Gasteiger partial charge is 0.542 e. The Morgan fingerprint density at radius 3 is 2.33 bits per heavy atom. The lowest BCUT2D eigenvalue weighted by Crippen LogP contribution is -2.30. The second-order valence-electron chi connectivity index (χ2n) is 4.14. The van der Waals surface area contributed by atoms with Gasteiger partial charge in [-0.05, 0) is 25.7 Å². The van der Waals surface area contributed by atoms with Crippen LogP contribution in [0.15, 0.2) is 12.1 Å². The first-order valence-electron chi connectivity index (χ1n) is 4.47. The molecule has 0 spiro atoms. The number of hydrogen-bond donors (Lipinski definition) is 0. The molecule has 0 aromatic heterocycles. The van der Waals surface area contributed by atoms with E-state index in [-0.39, 0.29) is 17.6 Å². The average Bonchev–Trinajstić information content (AvgIpc) is 2.08. The minimum atomic E-state index is -2.01.